The highest BCUT2D eigenvalue weighted by Gasteiger charge is 2.06. The quantitative estimate of drug-likeness (QED) is 0.645. The van der Waals surface area contributed by atoms with Crippen molar-refractivity contribution in [3.05, 3.63) is 0 Å². The van der Waals surface area contributed by atoms with E-state index in [0.29, 0.717) is 6.04 Å². The first kappa shape index (κ1) is 12.3. The van der Waals surface area contributed by atoms with Crippen LogP contribution < -0.4 is 5.32 Å². The monoisotopic (exact) mass is 189 g/mol. The van der Waals surface area contributed by atoms with Gasteiger partial charge in [0.1, 0.15) is 0 Å². The van der Waals surface area contributed by atoms with Gasteiger partial charge in [0.25, 0.3) is 0 Å². The zero-order chi connectivity index (χ0) is 9.56. The molecule has 0 aliphatic rings. The molecule has 0 saturated heterocycles. The van der Waals surface area contributed by atoms with Gasteiger partial charge in [0.15, 0.2) is 0 Å². The maximum Gasteiger partial charge on any atom is 0.00609 e. The van der Waals surface area contributed by atoms with Crippen LogP contribution in [0.1, 0.15) is 34.6 Å². The van der Waals surface area contributed by atoms with Gasteiger partial charge in [0.05, 0.1) is 0 Å². The van der Waals surface area contributed by atoms with Gasteiger partial charge >= 0.3 is 0 Å². The van der Waals surface area contributed by atoms with Crippen molar-refractivity contribution >= 4 is 11.8 Å². The summed E-state index contributed by atoms with van der Waals surface area (Å²) in [5.41, 5.74) is 0. The molecular formula is C10H23NS. The zero-order valence-corrected chi connectivity index (χ0v) is 9.87. The highest BCUT2D eigenvalue weighted by molar-refractivity contribution is 7.99. The van der Waals surface area contributed by atoms with Gasteiger partial charge in [-0.15, -0.1) is 0 Å². The van der Waals surface area contributed by atoms with Gasteiger partial charge in [0, 0.05) is 23.6 Å². The molecule has 0 radical (unpaired) electrons. The fourth-order valence-electron chi connectivity index (χ4n) is 0.785. The fourth-order valence-corrected chi connectivity index (χ4v) is 1.78. The second-order valence-corrected chi connectivity index (χ2v) is 5.41. The lowest BCUT2D eigenvalue weighted by molar-refractivity contribution is 0.611. The summed E-state index contributed by atoms with van der Waals surface area (Å²) >= 11 is 2.06. The topological polar surface area (TPSA) is 12.0 Å². The maximum atomic E-state index is 3.42. The number of hydrogen-bond acceptors (Lipinski definition) is 2. The fraction of sp³-hybridized carbons (Fsp3) is 1.00. The lowest BCUT2D eigenvalue weighted by Gasteiger charge is -2.15. The average Bonchev–Trinajstić information content (AvgIpc) is 1.97. The van der Waals surface area contributed by atoms with Gasteiger partial charge in [-0.2, -0.15) is 11.8 Å². The molecule has 0 aromatic rings. The Morgan fingerprint density at radius 1 is 1.08 bits per heavy atom. The van der Waals surface area contributed by atoms with E-state index in [1.165, 1.54) is 5.75 Å². The Labute approximate surface area is 81.7 Å². The molecule has 2 heteroatoms. The van der Waals surface area contributed by atoms with Crippen LogP contribution in [0.15, 0.2) is 0 Å². The molecule has 0 aliphatic heterocycles. The molecular weight excluding hydrogens is 166 g/mol. The van der Waals surface area contributed by atoms with Crippen molar-refractivity contribution in [3.8, 4) is 0 Å². The van der Waals surface area contributed by atoms with Crippen LogP contribution in [0, 0.1) is 5.92 Å². The highest BCUT2D eigenvalue weighted by atomic mass is 32.2. The second-order valence-electron chi connectivity index (χ2n) is 3.93. The van der Waals surface area contributed by atoms with E-state index in [2.05, 4.69) is 51.7 Å². The third-order valence-electron chi connectivity index (χ3n) is 1.97. The lowest BCUT2D eigenvalue weighted by Crippen LogP contribution is -2.25. The molecule has 0 aromatic heterocycles. The summed E-state index contributed by atoms with van der Waals surface area (Å²) in [6, 6.07) is 0.625. The Balaban J connectivity index is 3.20. The molecule has 74 valence electrons. The van der Waals surface area contributed by atoms with Crippen molar-refractivity contribution in [2.45, 2.75) is 45.9 Å². The van der Waals surface area contributed by atoms with Crippen LogP contribution in [0.2, 0.25) is 0 Å². The number of hydrogen-bond donors (Lipinski definition) is 1. The molecule has 0 rings (SSSR count). The van der Waals surface area contributed by atoms with E-state index < -0.39 is 0 Å². The lowest BCUT2D eigenvalue weighted by atomic mass is 10.2. The van der Waals surface area contributed by atoms with Crippen LogP contribution >= 0.6 is 11.8 Å². The van der Waals surface area contributed by atoms with E-state index in [1.54, 1.807) is 0 Å². The SMILES string of the molecule is CC(C)NCCSC(C)C(C)C. The van der Waals surface area contributed by atoms with Crippen LogP contribution in [0.4, 0.5) is 0 Å². The van der Waals surface area contributed by atoms with Crippen LogP contribution in [0.3, 0.4) is 0 Å². The third kappa shape index (κ3) is 6.99. The van der Waals surface area contributed by atoms with Crippen LogP contribution in [0.5, 0.6) is 0 Å². The summed E-state index contributed by atoms with van der Waals surface area (Å²) in [4.78, 5) is 0. The average molecular weight is 189 g/mol. The Morgan fingerprint density at radius 3 is 2.08 bits per heavy atom. The number of nitrogens with one attached hydrogen (secondary N) is 1. The maximum absolute atomic E-state index is 3.42. The van der Waals surface area contributed by atoms with E-state index in [4.69, 9.17) is 0 Å². The standard InChI is InChI=1S/C10H23NS/c1-8(2)10(5)12-7-6-11-9(3)4/h8-11H,6-7H2,1-5H3. The molecule has 12 heavy (non-hydrogen) atoms. The summed E-state index contributed by atoms with van der Waals surface area (Å²) in [5, 5.41) is 4.21. The summed E-state index contributed by atoms with van der Waals surface area (Å²) in [5.74, 6) is 2.03. The van der Waals surface area contributed by atoms with Crippen molar-refractivity contribution in [3.63, 3.8) is 0 Å². The Morgan fingerprint density at radius 2 is 1.67 bits per heavy atom. The van der Waals surface area contributed by atoms with E-state index in [-0.39, 0.29) is 0 Å². The molecule has 0 aromatic carbocycles. The van der Waals surface area contributed by atoms with Crippen molar-refractivity contribution in [2.24, 2.45) is 5.92 Å². The zero-order valence-electron chi connectivity index (χ0n) is 9.05. The van der Waals surface area contributed by atoms with E-state index >= 15 is 0 Å². The largest absolute Gasteiger partial charge is 0.314 e. The van der Waals surface area contributed by atoms with Crippen LogP contribution in [-0.2, 0) is 0 Å². The molecule has 0 spiro atoms. The predicted octanol–water partition coefficient (Wildman–Crippen LogP) is 2.76. The molecule has 0 heterocycles. The normalized spacial score (nSPS) is 14.2. The smallest absolute Gasteiger partial charge is 0.00609 e. The summed E-state index contributed by atoms with van der Waals surface area (Å²) in [6.07, 6.45) is 0. The Bertz CT molecular complexity index is 102. The molecule has 0 bridgehead atoms. The molecule has 0 amide bonds. The second kappa shape index (κ2) is 6.79. The van der Waals surface area contributed by atoms with Gasteiger partial charge in [-0.25, -0.2) is 0 Å². The Kier molecular flexibility index (Phi) is 6.96. The van der Waals surface area contributed by atoms with E-state index in [1.807, 2.05) is 0 Å². The molecule has 1 nitrogen and oxygen atoms in total. The minimum Gasteiger partial charge on any atom is -0.314 e. The first-order valence-electron chi connectivity index (χ1n) is 4.89. The van der Waals surface area contributed by atoms with Crippen LogP contribution in [-0.4, -0.2) is 23.6 Å². The highest BCUT2D eigenvalue weighted by Crippen LogP contribution is 2.17. The minimum atomic E-state index is 0.625. The molecule has 1 unspecified atom stereocenters. The molecule has 0 fully saturated rings. The molecule has 0 aliphatic carbocycles. The van der Waals surface area contributed by atoms with Crippen molar-refractivity contribution in [1.82, 2.24) is 5.32 Å². The van der Waals surface area contributed by atoms with E-state index in [0.717, 1.165) is 17.7 Å². The van der Waals surface area contributed by atoms with Gasteiger partial charge in [-0.1, -0.05) is 34.6 Å². The van der Waals surface area contributed by atoms with Gasteiger partial charge in [-0.3, -0.25) is 0 Å². The summed E-state index contributed by atoms with van der Waals surface area (Å²) in [6.45, 7) is 12.4. The van der Waals surface area contributed by atoms with Gasteiger partial charge in [-0.05, 0) is 5.92 Å². The number of rotatable bonds is 6. The van der Waals surface area contributed by atoms with Crippen LogP contribution in [0.25, 0.3) is 0 Å². The van der Waals surface area contributed by atoms with Crippen molar-refractivity contribution < 1.29 is 0 Å². The molecule has 0 saturated carbocycles. The van der Waals surface area contributed by atoms with Crippen molar-refractivity contribution in [2.75, 3.05) is 12.3 Å². The predicted molar refractivity (Wildman–Crippen MR) is 59.9 cm³/mol. The van der Waals surface area contributed by atoms with Gasteiger partial charge < -0.3 is 5.32 Å². The summed E-state index contributed by atoms with van der Waals surface area (Å²) < 4.78 is 0. The molecule has 1 atom stereocenters. The first-order chi connectivity index (χ1) is 5.54. The molecule has 1 N–H and O–H groups in total. The summed E-state index contributed by atoms with van der Waals surface area (Å²) in [7, 11) is 0. The van der Waals surface area contributed by atoms with Crippen molar-refractivity contribution in [1.29, 1.82) is 0 Å². The van der Waals surface area contributed by atoms with E-state index in [9.17, 15) is 0 Å². The van der Waals surface area contributed by atoms with Gasteiger partial charge in [0.2, 0.25) is 0 Å². The third-order valence-corrected chi connectivity index (χ3v) is 3.48. The number of thioether (sulfide) groups is 1. The first-order valence-corrected chi connectivity index (χ1v) is 5.94. The Hall–Kier alpha value is 0.310. The minimum absolute atomic E-state index is 0.625.